The molecule has 0 bridgehead atoms. The average molecular weight is 310 g/mol. The second-order valence-corrected chi connectivity index (χ2v) is 7.06. The van der Waals surface area contributed by atoms with Crippen molar-refractivity contribution in [3.63, 3.8) is 0 Å². The fourth-order valence-corrected chi connectivity index (χ4v) is 3.51. The van der Waals surface area contributed by atoms with Crippen molar-refractivity contribution in [1.29, 1.82) is 0 Å². The van der Waals surface area contributed by atoms with Crippen LogP contribution >= 0.6 is 11.3 Å². The van der Waals surface area contributed by atoms with E-state index in [-0.39, 0.29) is 18.1 Å². The molecule has 1 amide bonds. The summed E-state index contributed by atoms with van der Waals surface area (Å²) in [5, 5.41) is 15.0. The van der Waals surface area contributed by atoms with E-state index in [9.17, 15) is 9.90 Å². The Balaban J connectivity index is 1.77. The standard InChI is InChI=1S/C16H26N2O2S/c1-12(16(20)17-10-14-7-5-9-21-14)18(2)11-13-6-3-4-8-15(13)19/h5,7,9,12-13,15,19H,3-4,6,8,10-11H2,1-2H3,(H,17,20). The van der Waals surface area contributed by atoms with E-state index in [0.717, 1.165) is 25.8 Å². The monoisotopic (exact) mass is 310 g/mol. The van der Waals surface area contributed by atoms with E-state index in [4.69, 9.17) is 0 Å². The molecule has 118 valence electrons. The van der Waals surface area contributed by atoms with Gasteiger partial charge in [0.05, 0.1) is 18.7 Å². The summed E-state index contributed by atoms with van der Waals surface area (Å²) in [4.78, 5) is 15.4. The van der Waals surface area contributed by atoms with Crippen LogP contribution in [-0.4, -0.2) is 41.7 Å². The number of carbonyl (C=O) groups is 1. The molecule has 1 saturated carbocycles. The highest BCUT2D eigenvalue weighted by atomic mass is 32.1. The molecular weight excluding hydrogens is 284 g/mol. The summed E-state index contributed by atoms with van der Waals surface area (Å²) < 4.78 is 0. The molecule has 5 heteroatoms. The summed E-state index contributed by atoms with van der Waals surface area (Å²) >= 11 is 1.65. The second kappa shape index (κ2) is 7.92. The van der Waals surface area contributed by atoms with E-state index >= 15 is 0 Å². The number of rotatable bonds is 6. The summed E-state index contributed by atoms with van der Waals surface area (Å²) in [5.41, 5.74) is 0. The van der Waals surface area contributed by atoms with Crippen molar-refractivity contribution in [2.24, 2.45) is 5.92 Å². The SMILES string of the molecule is CC(C(=O)NCc1cccs1)N(C)CC1CCCCC1O. The average Bonchev–Trinajstić information content (AvgIpc) is 2.99. The fraction of sp³-hybridized carbons (Fsp3) is 0.688. The van der Waals surface area contributed by atoms with Gasteiger partial charge in [0.15, 0.2) is 0 Å². The first-order valence-corrected chi connectivity index (χ1v) is 8.64. The van der Waals surface area contributed by atoms with E-state index in [1.807, 2.05) is 31.5 Å². The molecular formula is C16H26N2O2S. The maximum Gasteiger partial charge on any atom is 0.237 e. The lowest BCUT2D eigenvalue weighted by atomic mass is 9.86. The zero-order chi connectivity index (χ0) is 15.2. The summed E-state index contributed by atoms with van der Waals surface area (Å²) in [6, 6.07) is 3.85. The minimum atomic E-state index is -0.206. The molecule has 1 fully saturated rings. The van der Waals surface area contributed by atoms with Crippen LogP contribution < -0.4 is 5.32 Å². The van der Waals surface area contributed by atoms with Gasteiger partial charge in [0, 0.05) is 11.4 Å². The Hall–Kier alpha value is -0.910. The van der Waals surface area contributed by atoms with Gasteiger partial charge in [0.1, 0.15) is 0 Å². The van der Waals surface area contributed by atoms with E-state index in [2.05, 4.69) is 10.2 Å². The largest absolute Gasteiger partial charge is 0.393 e. The first-order valence-electron chi connectivity index (χ1n) is 7.76. The molecule has 0 spiro atoms. The number of aliphatic hydroxyl groups is 1. The van der Waals surface area contributed by atoms with Crippen molar-refractivity contribution in [3.8, 4) is 0 Å². The van der Waals surface area contributed by atoms with Crippen molar-refractivity contribution in [1.82, 2.24) is 10.2 Å². The molecule has 1 aliphatic carbocycles. The van der Waals surface area contributed by atoms with Gasteiger partial charge >= 0.3 is 0 Å². The highest BCUT2D eigenvalue weighted by Gasteiger charge is 2.27. The van der Waals surface area contributed by atoms with Crippen LogP contribution in [0.1, 0.15) is 37.5 Å². The van der Waals surface area contributed by atoms with E-state index in [1.54, 1.807) is 11.3 Å². The van der Waals surface area contributed by atoms with Crippen LogP contribution in [0.5, 0.6) is 0 Å². The summed E-state index contributed by atoms with van der Waals surface area (Å²) in [5.74, 6) is 0.354. The maximum atomic E-state index is 12.2. The first-order chi connectivity index (χ1) is 10.1. The Kier molecular flexibility index (Phi) is 6.21. The van der Waals surface area contributed by atoms with Crippen LogP contribution in [0.15, 0.2) is 17.5 Å². The second-order valence-electron chi connectivity index (χ2n) is 6.02. The van der Waals surface area contributed by atoms with Gasteiger partial charge in [-0.05, 0) is 44.2 Å². The van der Waals surface area contributed by atoms with Gasteiger partial charge in [-0.25, -0.2) is 0 Å². The van der Waals surface area contributed by atoms with Crippen LogP contribution in [0.2, 0.25) is 0 Å². The number of amides is 1. The Morgan fingerprint density at radius 3 is 2.95 bits per heavy atom. The number of aliphatic hydroxyl groups excluding tert-OH is 1. The number of thiophene rings is 1. The predicted octanol–water partition coefficient (Wildman–Crippen LogP) is 2.24. The quantitative estimate of drug-likeness (QED) is 0.847. The molecule has 2 rings (SSSR count). The highest BCUT2D eigenvalue weighted by Crippen LogP contribution is 2.25. The lowest BCUT2D eigenvalue weighted by Crippen LogP contribution is -2.46. The Bertz CT molecular complexity index is 435. The Labute approximate surface area is 131 Å². The number of carbonyl (C=O) groups excluding carboxylic acids is 1. The molecule has 0 radical (unpaired) electrons. The summed E-state index contributed by atoms with van der Waals surface area (Å²) in [6.45, 7) is 3.31. The zero-order valence-electron chi connectivity index (χ0n) is 12.9. The van der Waals surface area contributed by atoms with Crippen molar-refractivity contribution in [3.05, 3.63) is 22.4 Å². The molecule has 2 N–H and O–H groups in total. The smallest absolute Gasteiger partial charge is 0.237 e. The first kappa shape index (κ1) is 16.5. The van der Waals surface area contributed by atoms with E-state index in [1.165, 1.54) is 11.3 Å². The van der Waals surface area contributed by atoms with Gasteiger partial charge in [-0.3, -0.25) is 9.69 Å². The van der Waals surface area contributed by atoms with Crippen LogP contribution in [0.3, 0.4) is 0 Å². The molecule has 1 heterocycles. The normalized spacial score (nSPS) is 24.0. The molecule has 1 aromatic rings. The molecule has 0 saturated heterocycles. The van der Waals surface area contributed by atoms with Crippen LogP contribution in [0.25, 0.3) is 0 Å². The van der Waals surface area contributed by atoms with Crippen molar-refractivity contribution in [2.45, 2.75) is 51.3 Å². The van der Waals surface area contributed by atoms with Gasteiger partial charge in [-0.1, -0.05) is 18.9 Å². The molecule has 1 aliphatic rings. The number of nitrogens with one attached hydrogen (secondary N) is 1. The molecule has 0 aliphatic heterocycles. The Morgan fingerprint density at radius 1 is 1.52 bits per heavy atom. The predicted molar refractivity (Wildman–Crippen MR) is 86.2 cm³/mol. The number of likely N-dealkylation sites (N-methyl/N-ethyl adjacent to an activating group) is 1. The van der Waals surface area contributed by atoms with E-state index < -0.39 is 0 Å². The molecule has 3 atom stereocenters. The van der Waals surface area contributed by atoms with Gasteiger partial charge < -0.3 is 10.4 Å². The number of hydrogen-bond acceptors (Lipinski definition) is 4. The summed E-state index contributed by atoms with van der Waals surface area (Å²) in [7, 11) is 1.97. The van der Waals surface area contributed by atoms with Crippen molar-refractivity contribution in [2.75, 3.05) is 13.6 Å². The van der Waals surface area contributed by atoms with Gasteiger partial charge in [-0.2, -0.15) is 0 Å². The third-order valence-electron chi connectivity index (χ3n) is 4.45. The third-order valence-corrected chi connectivity index (χ3v) is 5.33. The van der Waals surface area contributed by atoms with Crippen LogP contribution in [0.4, 0.5) is 0 Å². The maximum absolute atomic E-state index is 12.2. The molecule has 4 nitrogen and oxygen atoms in total. The molecule has 0 aromatic carbocycles. The van der Waals surface area contributed by atoms with Crippen molar-refractivity contribution < 1.29 is 9.90 Å². The highest BCUT2D eigenvalue weighted by molar-refractivity contribution is 7.09. The lowest BCUT2D eigenvalue weighted by molar-refractivity contribution is -0.126. The van der Waals surface area contributed by atoms with Crippen molar-refractivity contribution >= 4 is 17.2 Å². The van der Waals surface area contributed by atoms with Crippen LogP contribution in [0, 0.1) is 5.92 Å². The van der Waals surface area contributed by atoms with Gasteiger partial charge in [-0.15, -0.1) is 11.3 Å². The summed E-state index contributed by atoms with van der Waals surface area (Å²) in [6.07, 6.45) is 4.07. The molecule has 3 unspecified atom stereocenters. The topological polar surface area (TPSA) is 52.6 Å². The molecule has 1 aromatic heterocycles. The number of hydrogen-bond donors (Lipinski definition) is 2. The van der Waals surface area contributed by atoms with Gasteiger partial charge in [0.25, 0.3) is 0 Å². The lowest BCUT2D eigenvalue weighted by Gasteiger charge is -2.33. The zero-order valence-corrected chi connectivity index (χ0v) is 13.7. The van der Waals surface area contributed by atoms with Crippen LogP contribution in [-0.2, 0) is 11.3 Å². The number of nitrogens with zero attached hydrogens (tertiary/aromatic N) is 1. The molecule has 21 heavy (non-hydrogen) atoms. The minimum Gasteiger partial charge on any atom is -0.393 e. The van der Waals surface area contributed by atoms with E-state index in [0.29, 0.717) is 12.5 Å². The van der Waals surface area contributed by atoms with Gasteiger partial charge in [0.2, 0.25) is 5.91 Å². The third kappa shape index (κ3) is 4.80. The minimum absolute atomic E-state index is 0.0520. The Morgan fingerprint density at radius 2 is 2.29 bits per heavy atom. The fourth-order valence-electron chi connectivity index (χ4n) is 2.86.